The normalized spacial score (nSPS) is 10.2. The van der Waals surface area contributed by atoms with Gasteiger partial charge in [0, 0.05) is 34.4 Å². The molecule has 0 heterocycles. The Balaban J connectivity index is 1.49. The lowest BCUT2D eigenvalue weighted by Gasteiger charge is -2.06. The largest absolute Gasteiger partial charge is 0.494 e. The molecule has 3 rings (SSSR count). The van der Waals surface area contributed by atoms with Crippen LogP contribution in [-0.2, 0) is 20.7 Å². The summed E-state index contributed by atoms with van der Waals surface area (Å²) in [5.41, 5.74) is 4.81. The van der Waals surface area contributed by atoms with Crippen molar-refractivity contribution in [1.29, 1.82) is 0 Å². The highest BCUT2D eigenvalue weighted by atomic mass is 16.6. The van der Waals surface area contributed by atoms with Crippen molar-refractivity contribution in [2.75, 3.05) is 19.8 Å². The second-order valence-electron chi connectivity index (χ2n) is 9.43. The van der Waals surface area contributed by atoms with Gasteiger partial charge in [-0.25, -0.2) is 9.59 Å². The van der Waals surface area contributed by atoms with E-state index in [9.17, 15) is 9.59 Å². The Labute approximate surface area is 254 Å². The number of carboxylic acid groups (broad SMARTS) is 1. The highest BCUT2D eigenvalue weighted by molar-refractivity contribution is 5.81. The summed E-state index contributed by atoms with van der Waals surface area (Å²) in [6, 6.07) is 21.3. The van der Waals surface area contributed by atoms with Crippen LogP contribution in [0.5, 0.6) is 11.5 Å². The minimum atomic E-state index is -0.905. The maximum absolute atomic E-state index is 11.1. The second-order valence-corrected chi connectivity index (χ2v) is 9.43. The van der Waals surface area contributed by atoms with Crippen molar-refractivity contribution >= 4 is 11.9 Å². The molecule has 0 fully saturated rings. The van der Waals surface area contributed by atoms with Gasteiger partial charge in [0.2, 0.25) is 0 Å². The van der Waals surface area contributed by atoms with Gasteiger partial charge in [0.25, 0.3) is 0 Å². The van der Waals surface area contributed by atoms with Crippen molar-refractivity contribution in [3.8, 4) is 35.2 Å². The molecule has 0 spiro atoms. The van der Waals surface area contributed by atoms with Crippen molar-refractivity contribution in [2.24, 2.45) is 0 Å². The van der Waals surface area contributed by atoms with Gasteiger partial charge in [0.05, 0.1) is 6.61 Å². The van der Waals surface area contributed by atoms with E-state index in [1.807, 2.05) is 60.7 Å². The van der Waals surface area contributed by atoms with E-state index in [1.54, 1.807) is 6.08 Å². The number of hydrogen-bond acceptors (Lipinski definition) is 5. The van der Waals surface area contributed by atoms with Crippen LogP contribution in [0.4, 0.5) is 0 Å². The lowest BCUT2D eigenvalue weighted by molar-refractivity contribution is -0.138. The Morgan fingerprint density at radius 1 is 0.767 bits per heavy atom. The summed E-state index contributed by atoms with van der Waals surface area (Å²) in [6.45, 7) is 6.50. The molecule has 43 heavy (non-hydrogen) atoms. The molecule has 1 N–H and O–H groups in total. The number of carbonyl (C=O) groups is 2. The number of esters is 1. The monoisotopic (exact) mass is 576 g/mol. The molecular formula is C37H36O6. The number of hydrogen-bond donors (Lipinski definition) is 1. The van der Waals surface area contributed by atoms with Gasteiger partial charge in [-0.3, -0.25) is 0 Å². The first-order valence-corrected chi connectivity index (χ1v) is 14.3. The van der Waals surface area contributed by atoms with E-state index >= 15 is 0 Å². The van der Waals surface area contributed by atoms with Gasteiger partial charge in [-0.15, -0.1) is 0 Å². The summed E-state index contributed by atoms with van der Waals surface area (Å²) in [6.07, 6.45) is 8.45. The van der Waals surface area contributed by atoms with Gasteiger partial charge in [-0.2, -0.15) is 0 Å². The summed E-state index contributed by atoms with van der Waals surface area (Å²) in [4.78, 5) is 21.5. The zero-order valence-electron chi connectivity index (χ0n) is 24.4. The number of aliphatic carboxylic acids is 1. The summed E-state index contributed by atoms with van der Waals surface area (Å²) < 4.78 is 16.3. The van der Waals surface area contributed by atoms with Gasteiger partial charge < -0.3 is 19.3 Å². The maximum Gasteiger partial charge on any atom is 0.330 e. The summed E-state index contributed by atoms with van der Waals surface area (Å²) in [5.74, 6) is 13.1. The topological polar surface area (TPSA) is 82.1 Å². The highest BCUT2D eigenvalue weighted by Gasteiger charge is 2.01. The molecule has 0 unspecified atom stereocenters. The maximum atomic E-state index is 11.1. The summed E-state index contributed by atoms with van der Waals surface area (Å²) in [7, 11) is 0. The third kappa shape index (κ3) is 12.5. The van der Waals surface area contributed by atoms with Gasteiger partial charge in [0.1, 0.15) is 24.7 Å². The number of allylic oxidation sites excluding steroid dienone is 1. The van der Waals surface area contributed by atoms with Crippen LogP contribution in [0.25, 0.3) is 0 Å². The highest BCUT2D eigenvalue weighted by Crippen LogP contribution is 2.16. The van der Waals surface area contributed by atoms with Crippen molar-refractivity contribution in [3.63, 3.8) is 0 Å². The molecule has 0 aromatic heterocycles. The first-order chi connectivity index (χ1) is 21.0. The van der Waals surface area contributed by atoms with Crippen molar-refractivity contribution in [3.05, 3.63) is 119 Å². The zero-order valence-corrected chi connectivity index (χ0v) is 24.4. The molecular weight excluding hydrogens is 540 g/mol. The number of carbonyl (C=O) groups excluding carboxylic acids is 1. The third-order valence-corrected chi connectivity index (χ3v) is 6.19. The number of benzene rings is 3. The average molecular weight is 577 g/mol. The fourth-order valence-corrected chi connectivity index (χ4v) is 3.91. The summed E-state index contributed by atoms with van der Waals surface area (Å²) in [5, 5.41) is 8.58. The van der Waals surface area contributed by atoms with E-state index in [-0.39, 0.29) is 13.2 Å². The first kappa shape index (κ1) is 32.3. The second kappa shape index (κ2) is 18.3. The molecule has 0 aliphatic carbocycles. The number of aryl methyl sites for hydroxylation is 1. The van der Waals surface area contributed by atoms with Crippen molar-refractivity contribution in [1.82, 2.24) is 0 Å². The van der Waals surface area contributed by atoms with E-state index in [0.717, 1.165) is 71.7 Å². The Kier molecular flexibility index (Phi) is 13.7. The van der Waals surface area contributed by atoms with Crippen LogP contribution in [0.1, 0.15) is 60.4 Å². The smallest absolute Gasteiger partial charge is 0.330 e. The molecule has 220 valence electrons. The van der Waals surface area contributed by atoms with Crippen LogP contribution in [0.3, 0.4) is 0 Å². The van der Waals surface area contributed by atoms with Gasteiger partial charge in [-0.1, -0.05) is 43.3 Å². The Morgan fingerprint density at radius 3 is 2.00 bits per heavy atom. The van der Waals surface area contributed by atoms with E-state index in [4.69, 9.17) is 19.3 Å². The molecule has 3 aromatic carbocycles. The quantitative estimate of drug-likeness (QED) is 0.0991. The Hall–Kier alpha value is -5.20. The molecule has 0 aliphatic heterocycles. The van der Waals surface area contributed by atoms with Gasteiger partial charge in [-0.05, 0) is 104 Å². The molecule has 0 atom stereocenters. The molecule has 0 aliphatic rings. The third-order valence-electron chi connectivity index (χ3n) is 6.19. The molecule has 6 nitrogen and oxygen atoms in total. The van der Waals surface area contributed by atoms with E-state index < -0.39 is 11.9 Å². The van der Waals surface area contributed by atoms with Crippen LogP contribution in [0.2, 0.25) is 0 Å². The predicted molar refractivity (Wildman–Crippen MR) is 168 cm³/mol. The Bertz CT molecular complexity index is 1510. The van der Waals surface area contributed by atoms with Crippen LogP contribution >= 0.6 is 0 Å². The van der Waals surface area contributed by atoms with Crippen LogP contribution in [-0.4, -0.2) is 36.9 Å². The molecule has 6 heteroatoms. The summed E-state index contributed by atoms with van der Waals surface area (Å²) >= 11 is 0. The molecule has 0 saturated carbocycles. The first-order valence-electron chi connectivity index (χ1n) is 14.3. The zero-order chi connectivity index (χ0) is 30.7. The van der Waals surface area contributed by atoms with E-state index in [1.165, 1.54) is 6.08 Å². The van der Waals surface area contributed by atoms with Gasteiger partial charge in [0.15, 0.2) is 0 Å². The average Bonchev–Trinajstić information content (AvgIpc) is 3.03. The van der Waals surface area contributed by atoms with E-state index in [0.29, 0.717) is 12.4 Å². The minimum absolute atomic E-state index is 0.161. The number of unbranched alkanes of at least 4 members (excludes halogenated alkanes) is 3. The molecule has 0 amide bonds. The SMILES string of the molecule is C=CC(=O)OCCOc1ccc(C#Cc2ccc(C#Cc3ccc(OCCCCCC=CC(=O)O)cc3)cc2CC)cc1. The lowest BCUT2D eigenvalue weighted by Crippen LogP contribution is -2.10. The van der Waals surface area contributed by atoms with Crippen LogP contribution in [0, 0.1) is 23.7 Å². The number of carboxylic acids is 1. The van der Waals surface area contributed by atoms with Crippen LogP contribution in [0.15, 0.2) is 91.5 Å². The molecule has 0 radical (unpaired) electrons. The number of ether oxygens (including phenoxy) is 3. The van der Waals surface area contributed by atoms with Gasteiger partial charge >= 0.3 is 11.9 Å². The minimum Gasteiger partial charge on any atom is -0.494 e. The molecule has 0 saturated heterocycles. The fourth-order valence-electron chi connectivity index (χ4n) is 3.91. The Morgan fingerprint density at radius 2 is 1.37 bits per heavy atom. The fraction of sp³-hybridized carbons (Fsp3) is 0.243. The molecule has 0 bridgehead atoms. The standard InChI is InChI=1S/C37H36O6/c1-3-32-28-31(12-11-29-15-21-34(22-16-29)41-25-9-7-5-6-8-10-36(38)39)14-20-33(32)19-13-30-17-23-35(24-18-30)42-26-27-43-37(40)4-2/h4,8,10,14-18,20-24,28H,2-3,5-7,9,25-27H2,1H3,(H,38,39). The predicted octanol–water partition coefficient (Wildman–Crippen LogP) is 6.74. The molecule has 3 aromatic rings. The van der Waals surface area contributed by atoms with Crippen LogP contribution < -0.4 is 9.47 Å². The lowest BCUT2D eigenvalue weighted by atomic mass is 10.0. The van der Waals surface area contributed by atoms with Crippen molar-refractivity contribution < 1.29 is 28.9 Å². The van der Waals surface area contributed by atoms with E-state index in [2.05, 4.69) is 43.3 Å². The number of rotatable bonds is 14. The van der Waals surface area contributed by atoms with Crippen molar-refractivity contribution in [2.45, 2.75) is 39.0 Å².